The van der Waals surface area contributed by atoms with Crippen LogP contribution in [-0.4, -0.2) is 16.0 Å². The smallest absolute Gasteiger partial charge is 0.279 e. The molecule has 1 aromatic heterocycles. The van der Waals surface area contributed by atoms with Gasteiger partial charge in [-0.3, -0.25) is 4.79 Å². The lowest BCUT2D eigenvalue weighted by molar-refractivity contribution is -0.112. The number of amides is 1. The third-order valence-electron chi connectivity index (χ3n) is 3.53. The first-order chi connectivity index (χ1) is 11.6. The highest BCUT2D eigenvalue weighted by Crippen LogP contribution is 2.35. The second kappa shape index (κ2) is 5.74. The minimum Gasteiger partial charge on any atom is -0.492 e. The van der Waals surface area contributed by atoms with Gasteiger partial charge in [0.05, 0.1) is 10.9 Å². The van der Waals surface area contributed by atoms with Crippen LogP contribution in [0.1, 0.15) is 4.88 Å². The van der Waals surface area contributed by atoms with Gasteiger partial charge in [0.1, 0.15) is 4.88 Å². The lowest BCUT2D eigenvalue weighted by Gasteiger charge is -2.00. The summed E-state index contributed by atoms with van der Waals surface area (Å²) in [6.45, 7) is 0. The van der Waals surface area contributed by atoms with Gasteiger partial charge in [0.15, 0.2) is 5.13 Å². The molecule has 7 heteroatoms. The highest BCUT2D eigenvalue weighted by Gasteiger charge is 2.24. The molecule has 0 spiro atoms. The molecule has 24 heavy (non-hydrogen) atoms. The Morgan fingerprint density at radius 1 is 1.12 bits per heavy atom. The van der Waals surface area contributed by atoms with Crippen LogP contribution in [0.15, 0.2) is 53.5 Å². The van der Waals surface area contributed by atoms with Crippen LogP contribution in [0.5, 0.6) is 5.88 Å². The molecule has 0 bridgehead atoms. The fourth-order valence-electron chi connectivity index (χ4n) is 2.48. The van der Waals surface area contributed by atoms with E-state index in [0.717, 1.165) is 5.69 Å². The molecule has 0 radical (unpaired) electrons. The zero-order valence-electron chi connectivity index (χ0n) is 12.2. The van der Waals surface area contributed by atoms with Gasteiger partial charge in [0.25, 0.3) is 5.91 Å². The minimum atomic E-state index is -0.405. The number of aromatic hydroxyl groups is 1. The van der Waals surface area contributed by atoms with Gasteiger partial charge in [0.2, 0.25) is 5.88 Å². The number of aromatic nitrogens is 1. The summed E-state index contributed by atoms with van der Waals surface area (Å²) in [5.74, 6) is -0.609. The molecule has 0 atom stereocenters. The number of hydrogen-bond donors (Lipinski definition) is 2. The predicted molar refractivity (Wildman–Crippen MR) is 93.3 cm³/mol. The number of nitrogens with zero attached hydrogens (tertiary/aromatic N) is 2. The van der Waals surface area contributed by atoms with Crippen LogP contribution < -0.4 is 15.9 Å². The van der Waals surface area contributed by atoms with E-state index in [9.17, 15) is 9.90 Å². The zero-order chi connectivity index (χ0) is 16.7. The summed E-state index contributed by atoms with van der Waals surface area (Å²) in [6, 6.07) is 14.5. The van der Waals surface area contributed by atoms with E-state index in [1.54, 1.807) is 18.2 Å². The Kier molecular flexibility index (Phi) is 3.55. The molecule has 1 aliphatic heterocycles. The van der Waals surface area contributed by atoms with Crippen molar-refractivity contribution in [2.45, 2.75) is 0 Å². The van der Waals surface area contributed by atoms with E-state index < -0.39 is 5.91 Å². The van der Waals surface area contributed by atoms with E-state index in [1.165, 1.54) is 11.3 Å². The molecule has 118 valence electrons. The third kappa shape index (κ3) is 2.55. The second-order valence-electron chi connectivity index (χ2n) is 5.12. The van der Waals surface area contributed by atoms with Crippen LogP contribution >= 0.6 is 22.9 Å². The van der Waals surface area contributed by atoms with Crippen LogP contribution in [0.25, 0.3) is 5.57 Å². The maximum Gasteiger partial charge on any atom is 0.279 e. The van der Waals surface area contributed by atoms with Crippen molar-refractivity contribution in [3.8, 4) is 5.88 Å². The van der Waals surface area contributed by atoms with Crippen molar-refractivity contribution in [3.05, 3.63) is 69.0 Å². The lowest BCUT2D eigenvalue weighted by Crippen LogP contribution is -2.22. The van der Waals surface area contributed by atoms with Crippen molar-refractivity contribution >= 4 is 45.2 Å². The summed E-state index contributed by atoms with van der Waals surface area (Å²) in [5, 5.41) is 15.4. The van der Waals surface area contributed by atoms with Crippen molar-refractivity contribution in [3.63, 3.8) is 0 Å². The fraction of sp³-hybridized carbons (Fsp3) is 0. The van der Waals surface area contributed by atoms with Gasteiger partial charge in [-0.25, -0.2) is 4.99 Å². The van der Waals surface area contributed by atoms with Crippen LogP contribution in [0, 0.1) is 0 Å². The van der Waals surface area contributed by atoms with E-state index in [2.05, 4.69) is 15.3 Å². The Labute approximate surface area is 145 Å². The van der Waals surface area contributed by atoms with Gasteiger partial charge < -0.3 is 10.4 Å². The van der Waals surface area contributed by atoms with E-state index in [-0.39, 0.29) is 5.88 Å². The van der Waals surface area contributed by atoms with Crippen molar-refractivity contribution in [2.75, 3.05) is 5.32 Å². The third-order valence-corrected chi connectivity index (χ3v) is 4.74. The summed E-state index contributed by atoms with van der Waals surface area (Å²) < 4.78 is 0. The molecule has 0 unspecified atom stereocenters. The number of thiazole rings is 1. The Bertz CT molecular complexity index is 1080. The first kappa shape index (κ1) is 14.9. The molecule has 0 saturated heterocycles. The zero-order valence-corrected chi connectivity index (χ0v) is 13.7. The molecule has 2 heterocycles. The first-order valence-corrected chi connectivity index (χ1v) is 8.26. The van der Waals surface area contributed by atoms with Crippen LogP contribution in [0.2, 0.25) is 5.02 Å². The number of carbonyl (C=O) groups excluding carboxylic acids is 1. The van der Waals surface area contributed by atoms with E-state index in [1.807, 2.05) is 30.3 Å². The van der Waals surface area contributed by atoms with Gasteiger partial charge in [0, 0.05) is 15.9 Å². The van der Waals surface area contributed by atoms with E-state index >= 15 is 0 Å². The normalized spacial score (nSPS) is 12.9. The molecule has 5 nitrogen and oxygen atoms in total. The molecule has 0 saturated carbocycles. The topological polar surface area (TPSA) is 74.6 Å². The predicted octanol–water partition coefficient (Wildman–Crippen LogP) is 2.60. The second-order valence-corrected chi connectivity index (χ2v) is 6.55. The summed E-state index contributed by atoms with van der Waals surface area (Å²) in [7, 11) is 0. The van der Waals surface area contributed by atoms with Crippen molar-refractivity contribution in [1.82, 2.24) is 4.98 Å². The average molecular weight is 356 g/mol. The number of halogens is 1. The molecule has 0 fully saturated rings. The Balaban J connectivity index is 1.82. The molecule has 2 aromatic carbocycles. The van der Waals surface area contributed by atoms with Gasteiger partial charge >= 0.3 is 0 Å². The summed E-state index contributed by atoms with van der Waals surface area (Å²) >= 11 is 7.21. The molecule has 3 aromatic rings. The Morgan fingerprint density at radius 2 is 1.92 bits per heavy atom. The summed E-state index contributed by atoms with van der Waals surface area (Å²) in [4.78, 5) is 20.7. The van der Waals surface area contributed by atoms with E-state index in [0.29, 0.717) is 31.2 Å². The molecule has 2 N–H and O–H groups in total. The van der Waals surface area contributed by atoms with Crippen molar-refractivity contribution in [2.24, 2.45) is 4.99 Å². The van der Waals surface area contributed by atoms with Gasteiger partial charge in [-0.2, -0.15) is 4.98 Å². The van der Waals surface area contributed by atoms with Gasteiger partial charge in [-0.05, 0) is 30.3 Å². The standard InChI is InChI=1S/C17H10ClN3O2S/c18-9-6-7-12-11(8-9)13(15(22)20-12)14-16(23)21-17(24-14)19-10-4-2-1-3-5-10/h1-8,23H,(H,19,21). The Morgan fingerprint density at radius 3 is 2.71 bits per heavy atom. The molecule has 4 rings (SSSR count). The highest BCUT2D eigenvalue weighted by molar-refractivity contribution is 7.17. The van der Waals surface area contributed by atoms with Gasteiger partial charge in [-0.15, -0.1) is 0 Å². The number of anilines is 2. The highest BCUT2D eigenvalue weighted by atomic mass is 35.5. The van der Waals surface area contributed by atoms with Gasteiger partial charge in [-0.1, -0.05) is 41.1 Å². The minimum absolute atomic E-state index is 0.204. The Hall–Kier alpha value is -2.70. The van der Waals surface area contributed by atoms with Crippen LogP contribution in [0.3, 0.4) is 0 Å². The molecular formula is C17H10ClN3O2S. The largest absolute Gasteiger partial charge is 0.492 e. The number of rotatable bonds is 3. The fourth-order valence-corrected chi connectivity index (χ4v) is 3.58. The number of para-hydroxylation sites is 1. The quantitative estimate of drug-likeness (QED) is 0.757. The molecule has 1 amide bonds. The van der Waals surface area contributed by atoms with Crippen LogP contribution in [0.4, 0.5) is 10.8 Å². The number of carbonyl (C=O) groups is 1. The van der Waals surface area contributed by atoms with Crippen molar-refractivity contribution in [1.29, 1.82) is 0 Å². The number of benzene rings is 2. The number of nitrogens with one attached hydrogen (secondary N) is 1. The maximum atomic E-state index is 12.3. The monoisotopic (exact) mass is 355 g/mol. The molecule has 0 aliphatic carbocycles. The van der Waals surface area contributed by atoms with Crippen LogP contribution in [-0.2, 0) is 4.79 Å². The SMILES string of the molecule is O=C1N=c2ccc(Cl)cc2=C1c1sc(Nc2ccccc2)nc1O. The van der Waals surface area contributed by atoms with Crippen molar-refractivity contribution < 1.29 is 9.90 Å². The lowest BCUT2D eigenvalue weighted by atomic mass is 10.1. The molecule has 1 aliphatic rings. The maximum absolute atomic E-state index is 12.3. The summed E-state index contributed by atoms with van der Waals surface area (Å²) in [6.07, 6.45) is 0. The van der Waals surface area contributed by atoms with E-state index in [4.69, 9.17) is 11.6 Å². The number of hydrogen-bond acceptors (Lipinski definition) is 5. The first-order valence-electron chi connectivity index (χ1n) is 7.07. The summed E-state index contributed by atoms with van der Waals surface area (Å²) in [5.41, 5.74) is 1.16. The molecular weight excluding hydrogens is 346 g/mol. The average Bonchev–Trinajstić information content (AvgIpc) is 3.07. The number of fused-ring (bicyclic) bond motifs is 1.